The summed E-state index contributed by atoms with van der Waals surface area (Å²) in [5.41, 5.74) is 15.1. The van der Waals surface area contributed by atoms with Gasteiger partial charge in [-0.3, -0.25) is 19.2 Å². The van der Waals surface area contributed by atoms with Crippen molar-refractivity contribution < 1.29 is 19.2 Å². The van der Waals surface area contributed by atoms with E-state index in [-0.39, 0.29) is 17.7 Å². The average Bonchev–Trinajstić information content (AvgIpc) is 2.93. The molecule has 0 unspecified atom stereocenters. The topological polar surface area (TPSA) is 150 Å². The van der Waals surface area contributed by atoms with Crippen LogP contribution >= 0.6 is 0 Å². The molecule has 8 heteroatoms. The van der Waals surface area contributed by atoms with Crippen molar-refractivity contribution in [3.63, 3.8) is 0 Å². The highest BCUT2D eigenvalue weighted by Crippen LogP contribution is 2.14. The molecule has 0 saturated carbocycles. The van der Waals surface area contributed by atoms with E-state index < -0.39 is 0 Å². The van der Waals surface area contributed by atoms with Crippen LogP contribution in [0.2, 0.25) is 0 Å². The number of unbranched alkanes of at least 4 members (excludes halogenated alkanes) is 10. The Morgan fingerprint density at radius 1 is 0.395 bits per heavy atom. The second-order valence-electron chi connectivity index (χ2n) is 10.9. The summed E-state index contributed by atoms with van der Waals surface area (Å²) in [7, 11) is 0. The second kappa shape index (κ2) is 26.5. The van der Waals surface area contributed by atoms with Crippen molar-refractivity contribution >= 4 is 23.6 Å². The first kappa shape index (κ1) is 35.9. The lowest BCUT2D eigenvalue weighted by molar-refractivity contribution is -0.131. The molecule has 6 N–H and O–H groups in total. The van der Waals surface area contributed by atoms with Crippen LogP contribution < -0.4 is 17.2 Å². The van der Waals surface area contributed by atoms with E-state index in [2.05, 4.69) is 4.90 Å². The van der Waals surface area contributed by atoms with Crippen molar-refractivity contribution in [1.29, 1.82) is 0 Å². The quantitative estimate of drug-likeness (QED) is 0.194. The first-order valence-electron chi connectivity index (χ1n) is 15.5. The van der Waals surface area contributed by atoms with Crippen molar-refractivity contribution in [3.05, 3.63) is 0 Å². The van der Waals surface area contributed by atoms with Crippen LogP contribution in [0.3, 0.4) is 0 Å². The van der Waals surface area contributed by atoms with Crippen LogP contribution in [0.25, 0.3) is 0 Å². The highest BCUT2D eigenvalue weighted by molar-refractivity contribution is 5.76. The zero-order valence-corrected chi connectivity index (χ0v) is 24.2. The molecule has 0 aromatic heterocycles. The third-order valence-electron chi connectivity index (χ3n) is 7.12. The van der Waals surface area contributed by atoms with Crippen molar-refractivity contribution in [3.8, 4) is 0 Å². The molecule has 0 bridgehead atoms. The molecule has 0 radical (unpaired) electrons. The second-order valence-corrected chi connectivity index (χ2v) is 10.9. The predicted octanol–water partition coefficient (Wildman–Crippen LogP) is 5.63. The molecule has 0 aromatic rings. The van der Waals surface area contributed by atoms with Crippen LogP contribution in [0, 0.1) is 0 Å². The number of amides is 4. The van der Waals surface area contributed by atoms with Gasteiger partial charge in [0, 0.05) is 38.8 Å². The predicted molar refractivity (Wildman–Crippen MR) is 155 cm³/mol. The van der Waals surface area contributed by atoms with Gasteiger partial charge in [-0.15, -0.1) is 0 Å². The molecule has 1 aliphatic rings. The molecule has 1 rings (SSSR count). The summed E-state index contributed by atoms with van der Waals surface area (Å²) in [4.78, 5) is 46.0. The van der Waals surface area contributed by atoms with Gasteiger partial charge in [-0.2, -0.15) is 0 Å². The Balaban J connectivity index is 0.000000835. The fourth-order valence-corrected chi connectivity index (χ4v) is 4.77. The summed E-state index contributed by atoms with van der Waals surface area (Å²) < 4.78 is 0. The van der Waals surface area contributed by atoms with Crippen molar-refractivity contribution in [2.75, 3.05) is 13.1 Å². The Morgan fingerprint density at radius 2 is 0.658 bits per heavy atom. The first-order chi connectivity index (χ1) is 18.3. The molecule has 222 valence electrons. The Bertz CT molecular complexity index is 595. The molecule has 0 aromatic carbocycles. The van der Waals surface area contributed by atoms with Crippen LogP contribution in [0.15, 0.2) is 0 Å². The average molecular weight is 539 g/mol. The summed E-state index contributed by atoms with van der Waals surface area (Å²) >= 11 is 0. The molecular weight excluding hydrogens is 480 g/mol. The monoisotopic (exact) mass is 538 g/mol. The zero-order valence-electron chi connectivity index (χ0n) is 24.2. The van der Waals surface area contributed by atoms with Crippen molar-refractivity contribution in [2.24, 2.45) is 17.2 Å². The van der Waals surface area contributed by atoms with Gasteiger partial charge >= 0.3 is 0 Å². The van der Waals surface area contributed by atoms with Gasteiger partial charge in [0.2, 0.25) is 23.6 Å². The first-order valence-corrected chi connectivity index (χ1v) is 15.5. The minimum Gasteiger partial charge on any atom is -0.370 e. The largest absolute Gasteiger partial charge is 0.370 e. The lowest BCUT2D eigenvalue weighted by Gasteiger charge is -2.22. The molecule has 0 aliphatic carbocycles. The number of primary amides is 3. The van der Waals surface area contributed by atoms with Gasteiger partial charge < -0.3 is 22.1 Å². The van der Waals surface area contributed by atoms with E-state index in [9.17, 15) is 19.2 Å². The Hall–Kier alpha value is -2.12. The number of hydrogen-bond donors (Lipinski definition) is 3. The number of nitrogens with zero attached hydrogens (tertiary/aromatic N) is 1. The highest BCUT2D eigenvalue weighted by Gasteiger charge is 2.13. The smallest absolute Gasteiger partial charge is 0.222 e. The van der Waals surface area contributed by atoms with E-state index in [1.54, 1.807) is 0 Å². The van der Waals surface area contributed by atoms with Gasteiger partial charge in [-0.1, -0.05) is 89.9 Å². The van der Waals surface area contributed by atoms with Gasteiger partial charge in [0.15, 0.2) is 0 Å². The minimum atomic E-state index is -0.223. The third-order valence-corrected chi connectivity index (χ3v) is 7.12. The number of nitrogens with two attached hydrogens (primary N) is 3. The van der Waals surface area contributed by atoms with Crippen LogP contribution in [0.4, 0.5) is 0 Å². The maximum absolute atomic E-state index is 12.4. The summed E-state index contributed by atoms with van der Waals surface area (Å²) in [6, 6.07) is 0. The Labute approximate surface area is 232 Å². The minimum absolute atomic E-state index is 0.198. The lowest BCUT2D eigenvalue weighted by atomic mass is 10.1. The van der Waals surface area contributed by atoms with Crippen molar-refractivity contribution in [1.82, 2.24) is 4.90 Å². The summed E-state index contributed by atoms with van der Waals surface area (Å²) in [5, 5.41) is 0. The summed E-state index contributed by atoms with van der Waals surface area (Å²) in [5.74, 6) is -0.281. The van der Waals surface area contributed by atoms with E-state index >= 15 is 0 Å². The molecule has 1 fully saturated rings. The van der Waals surface area contributed by atoms with Crippen LogP contribution in [-0.4, -0.2) is 41.6 Å². The molecule has 1 aliphatic heterocycles. The molecule has 1 heterocycles. The summed E-state index contributed by atoms with van der Waals surface area (Å²) in [6.45, 7) is 1.93. The van der Waals surface area contributed by atoms with Gasteiger partial charge in [0.1, 0.15) is 0 Å². The SMILES string of the molecule is NC(=O)CCCCCCCCC(=O)N1CCCCCCCCCC1.NC(=O)CCCCCCCCC(N)=O. The van der Waals surface area contributed by atoms with Gasteiger partial charge in [-0.25, -0.2) is 0 Å². The van der Waals surface area contributed by atoms with E-state index in [1.165, 1.54) is 51.4 Å². The summed E-state index contributed by atoms with van der Waals surface area (Å²) in [6.07, 6.45) is 24.9. The lowest BCUT2D eigenvalue weighted by Crippen LogP contribution is -2.32. The molecule has 38 heavy (non-hydrogen) atoms. The number of rotatable bonds is 18. The van der Waals surface area contributed by atoms with E-state index in [4.69, 9.17) is 17.2 Å². The Morgan fingerprint density at radius 3 is 0.974 bits per heavy atom. The van der Waals surface area contributed by atoms with Crippen LogP contribution in [0.1, 0.15) is 154 Å². The van der Waals surface area contributed by atoms with Crippen LogP contribution in [0.5, 0.6) is 0 Å². The highest BCUT2D eigenvalue weighted by atomic mass is 16.2. The standard InChI is InChI=1S/C20H38N2O2.C10H20N2O2/c21-19(23)15-11-7-3-4-8-12-16-20(24)22-17-13-9-5-1-2-6-10-14-18-22;11-9(13)7-5-3-1-2-4-6-8-10(12)14/h1-18H2,(H2,21,23);1-8H2,(H2,11,13)(H2,12,14). The molecule has 4 amide bonds. The molecule has 8 nitrogen and oxygen atoms in total. The maximum atomic E-state index is 12.4. The molecular formula is C30H58N4O4. The number of carbonyl (C=O) groups is 4. The molecule has 1 saturated heterocycles. The fraction of sp³-hybridized carbons (Fsp3) is 0.867. The van der Waals surface area contributed by atoms with Crippen LogP contribution in [-0.2, 0) is 19.2 Å². The fourth-order valence-electron chi connectivity index (χ4n) is 4.77. The van der Waals surface area contributed by atoms with Gasteiger partial charge in [0.25, 0.3) is 0 Å². The van der Waals surface area contributed by atoms with Crippen molar-refractivity contribution in [2.45, 2.75) is 154 Å². The number of hydrogen-bond acceptors (Lipinski definition) is 4. The van der Waals surface area contributed by atoms with Gasteiger partial charge in [0.05, 0.1) is 0 Å². The van der Waals surface area contributed by atoms with E-state index in [0.29, 0.717) is 31.6 Å². The van der Waals surface area contributed by atoms with Gasteiger partial charge in [-0.05, 0) is 38.5 Å². The molecule has 0 atom stereocenters. The third kappa shape index (κ3) is 26.9. The van der Waals surface area contributed by atoms with E-state index in [1.807, 2.05) is 0 Å². The Kier molecular flexibility index (Phi) is 25.0. The molecule has 0 spiro atoms. The maximum Gasteiger partial charge on any atom is 0.222 e. The normalized spacial score (nSPS) is 14.6. The van der Waals surface area contributed by atoms with E-state index in [0.717, 1.165) is 90.1 Å². The zero-order chi connectivity index (χ0) is 28.3. The number of carbonyl (C=O) groups excluding carboxylic acids is 4.